The lowest BCUT2D eigenvalue weighted by Gasteiger charge is -2.17. The molecular weight excluding hydrogens is 358 g/mol. The van der Waals surface area contributed by atoms with E-state index in [-0.39, 0.29) is 17.0 Å². The third-order valence-corrected chi connectivity index (χ3v) is 4.37. The zero-order valence-electron chi connectivity index (χ0n) is 15.8. The van der Waals surface area contributed by atoms with Gasteiger partial charge in [-0.2, -0.15) is 5.26 Å². The number of furan rings is 1. The van der Waals surface area contributed by atoms with Crippen LogP contribution in [0.15, 0.2) is 53.2 Å². The number of aromatic nitrogens is 1. The summed E-state index contributed by atoms with van der Waals surface area (Å²) in [7, 11) is 2.98. The third kappa shape index (κ3) is 3.53. The number of rotatable bonds is 5. The lowest BCUT2D eigenvalue weighted by molar-refractivity contribution is 0.0600. The Balaban J connectivity index is 1.84. The van der Waals surface area contributed by atoms with Gasteiger partial charge >= 0.3 is 5.97 Å². The van der Waals surface area contributed by atoms with Crippen LogP contribution in [0.4, 0.5) is 0 Å². The van der Waals surface area contributed by atoms with E-state index in [1.165, 1.54) is 12.0 Å². The van der Waals surface area contributed by atoms with Gasteiger partial charge in [-0.05, 0) is 36.8 Å². The van der Waals surface area contributed by atoms with Crippen LogP contribution in [0.1, 0.15) is 37.6 Å². The van der Waals surface area contributed by atoms with Crippen molar-refractivity contribution in [1.29, 1.82) is 5.26 Å². The molecule has 0 N–H and O–H groups in total. The van der Waals surface area contributed by atoms with Crippen LogP contribution >= 0.6 is 0 Å². The maximum absolute atomic E-state index is 13.0. The predicted molar refractivity (Wildman–Crippen MR) is 101 cm³/mol. The molecule has 0 bridgehead atoms. The fourth-order valence-electron chi connectivity index (χ4n) is 2.94. The minimum Gasteiger partial charge on any atom is -0.465 e. The molecule has 7 nitrogen and oxygen atoms in total. The molecule has 0 aliphatic rings. The summed E-state index contributed by atoms with van der Waals surface area (Å²) in [6.45, 7) is 1.98. The molecule has 0 radical (unpaired) electrons. The van der Waals surface area contributed by atoms with Crippen molar-refractivity contribution in [1.82, 2.24) is 9.47 Å². The first-order valence-corrected chi connectivity index (χ1v) is 8.55. The highest BCUT2D eigenvalue weighted by atomic mass is 16.5. The SMILES string of the molecule is COC(=O)c1ccc(CN(C)C(=O)c2c(C)oc(-n3cccc3)c2C#N)cc1. The monoisotopic (exact) mass is 377 g/mol. The van der Waals surface area contributed by atoms with Gasteiger partial charge in [-0.15, -0.1) is 0 Å². The Labute approximate surface area is 162 Å². The standard InChI is InChI=1S/C21H19N3O4/c1-14-18(17(12-22)20(28-14)24-10-4-5-11-24)19(25)23(2)13-15-6-8-16(9-7-15)21(26)27-3/h4-11H,13H2,1-3H3. The Kier molecular flexibility index (Phi) is 5.32. The second-order valence-electron chi connectivity index (χ2n) is 6.27. The number of amides is 1. The molecule has 0 fully saturated rings. The van der Waals surface area contributed by atoms with E-state index in [4.69, 9.17) is 4.42 Å². The van der Waals surface area contributed by atoms with Crippen molar-refractivity contribution in [3.05, 3.63) is 76.8 Å². The fourth-order valence-corrected chi connectivity index (χ4v) is 2.94. The molecule has 28 heavy (non-hydrogen) atoms. The first-order valence-electron chi connectivity index (χ1n) is 8.55. The van der Waals surface area contributed by atoms with Crippen molar-refractivity contribution in [2.75, 3.05) is 14.2 Å². The Morgan fingerprint density at radius 3 is 2.43 bits per heavy atom. The number of hydrogen-bond acceptors (Lipinski definition) is 5. The van der Waals surface area contributed by atoms with Gasteiger partial charge in [0.15, 0.2) is 0 Å². The minimum absolute atomic E-state index is 0.201. The highest BCUT2D eigenvalue weighted by molar-refractivity contribution is 5.98. The number of nitrogens with zero attached hydrogens (tertiary/aromatic N) is 3. The van der Waals surface area contributed by atoms with Gasteiger partial charge in [0.1, 0.15) is 23.0 Å². The summed E-state index contributed by atoms with van der Waals surface area (Å²) in [5.41, 5.74) is 1.73. The van der Waals surface area contributed by atoms with Crippen LogP contribution in [0, 0.1) is 18.3 Å². The van der Waals surface area contributed by atoms with Crippen molar-refractivity contribution < 1.29 is 18.7 Å². The van der Waals surface area contributed by atoms with Gasteiger partial charge in [0, 0.05) is 26.0 Å². The van der Waals surface area contributed by atoms with Crippen molar-refractivity contribution in [3.8, 4) is 12.0 Å². The van der Waals surface area contributed by atoms with Crippen molar-refractivity contribution >= 4 is 11.9 Å². The molecule has 142 valence electrons. The summed E-state index contributed by atoms with van der Waals surface area (Å²) in [5, 5.41) is 9.60. The normalized spacial score (nSPS) is 10.4. The van der Waals surface area contributed by atoms with Crippen LogP contribution in [0.25, 0.3) is 5.88 Å². The van der Waals surface area contributed by atoms with E-state index in [0.29, 0.717) is 23.8 Å². The van der Waals surface area contributed by atoms with Crippen molar-refractivity contribution in [3.63, 3.8) is 0 Å². The number of aryl methyl sites for hydroxylation is 1. The average molecular weight is 377 g/mol. The molecule has 3 aromatic rings. The number of esters is 1. The van der Waals surface area contributed by atoms with E-state index >= 15 is 0 Å². The number of methoxy groups -OCH3 is 1. The van der Waals surface area contributed by atoms with Crippen LogP contribution in [0.3, 0.4) is 0 Å². The zero-order valence-corrected chi connectivity index (χ0v) is 15.8. The van der Waals surface area contributed by atoms with Gasteiger partial charge in [0.05, 0.1) is 12.7 Å². The molecule has 0 atom stereocenters. The maximum atomic E-state index is 13.0. The second kappa shape index (κ2) is 7.84. The number of benzene rings is 1. The van der Waals surface area contributed by atoms with E-state index in [1.807, 2.05) is 12.1 Å². The van der Waals surface area contributed by atoms with Crippen LogP contribution in [0.2, 0.25) is 0 Å². The molecule has 1 aromatic carbocycles. The summed E-state index contributed by atoms with van der Waals surface area (Å²) >= 11 is 0. The fraction of sp³-hybridized carbons (Fsp3) is 0.190. The molecule has 3 rings (SSSR count). The van der Waals surface area contributed by atoms with Gasteiger partial charge < -0.3 is 14.1 Å². The Hall–Kier alpha value is -3.79. The van der Waals surface area contributed by atoms with Crippen molar-refractivity contribution in [2.24, 2.45) is 0 Å². The molecule has 0 unspecified atom stereocenters. The Morgan fingerprint density at radius 2 is 1.86 bits per heavy atom. The molecule has 2 heterocycles. The van der Waals surface area contributed by atoms with Gasteiger partial charge in [-0.3, -0.25) is 9.36 Å². The van der Waals surface area contributed by atoms with E-state index in [0.717, 1.165) is 5.56 Å². The zero-order chi connectivity index (χ0) is 20.3. The quantitative estimate of drug-likeness (QED) is 0.637. The molecule has 0 aliphatic heterocycles. The van der Waals surface area contributed by atoms with Crippen LogP contribution in [-0.2, 0) is 11.3 Å². The summed E-state index contributed by atoms with van der Waals surface area (Å²) < 4.78 is 12.0. The van der Waals surface area contributed by atoms with E-state index in [9.17, 15) is 14.9 Å². The van der Waals surface area contributed by atoms with Gasteiger partial charge in [-0.25, -0.2) is 4.79 Å². The minimum atomic E-state index is -0.416. The highest BCUT2D eigenvalue weighted by Gasteiger charge is 2.26. The topological polar surface area (TPSA) is 88.5 Å². The smallest absolute Gasteiger partial charge is 0.337 e. The third-order valence-electron chi connectivity index (χ3n) is 4.37. The number of hydrogen-bond donors (Lipinski definition) is 0. The summed E-state index contributed by atoms with van der Waals surface area (Å²) in [6.07, 6.45) is 3.50. The van der Waals surface area contributed by atoms with Crippen LogP contribution in [-0.4, -0.2) is 35.5 Å². The van der Waals surface area contributed by atoms with Gasteiger partial charge in [0.25, 0.3) is 5.91 Å². The number of ether oxygens (including phenoxy) is 1. The predicted octanol–water partition coefficient (Wildman–Crippen LogP) is 3.31. The lowest BCUT2D eigenvalue weighted by atomic mass is 10.1. The Morgan fingerprint density at radius 1 is 1.21 bits per heavy atom. The second-order valence-corrected chi connectivity index (χ2v) is 6.27. The largest absolute Gasteiger partial charge is 0.465 e. The first kappa shape index (κ1) is 19.0. The molecule has 1 amide bonds. The summed E-state index contributed by atoms with van der Waals surface area (Å²) in [6, 6.07) is 12.5. The molecule has 0 aliphatic carbocycles. The summed E-state index contributed by atoms with van der Waals surface area (Å²) in [4.78, 5) is 26.0. The lowest BCUT2D eigenvalue weighted by Crippen LogP contribution is -2.27. The first-order chi connectivity index (χ1) is 13.5. The molecule has 2 aromatic heterocycles. The molecule has 7 heteroatoms. The average Bonchev–Trinajstić information content (AvgIpc) is 3.34. The number of nitriles is 1. The highest BCUT2D eigenvalue weighted by Crippen LogP contribution is 2.26. The van der Waals surface area contributed by atoms with E-state index in [2.05, 4.69) is 10.8 Å². The van der Waals surface area contributed by atoms with Gasteiger partial charge in [-0.1, -0.05) is 12.1 Å². The summed E-state index contributed by atoms with van der Waals surface area (Å²) in [5.74, 6) is -0.0169. The van der Waals surface area contributed by atoms with Crippen molar-refractivity contribution in [2.45, 2.75) is 13.5 Å². The molecule has 0 spiro atoms. The maximum Gasteiger partial charge on any atom is 0.337 e. The van der Waals surface area contributed by atoms with Crippen LogP contribution < -0.4 is 0 Å². The Bertz CT molecular complexity index is 1040. The van der Waals surface area contributed by atoms with Gasteiger partial charge in [0.2, 0.25) is 5.88 Å². The number of carbonyl (C=O) groups excluding carboxylic acids is 2. The molecular formula is C21H19N3O4. The molecule has 0 saturated carbocycles. The van der Waals surface area contributed by atoms with Crippen LogP contribution in [0.5, 0.6) is 0 Å². The molecule has 0 saturated heterocycles. The number of carbonyl (C=O) groups is 2. The van der Waals surface area contributed by atoms with E-state index in [1.54, 1.807) is 55.2 Å². The van der Waals surface area contributed by atoms with E-state index < -0.39 is 5.97 Å².